The molecule has 116 valence electrons. The van der Waals surface area contributed by atoms with Gasteiger partial charge in [-0.25, -0.2) is 0 Å². The van der Waals surface area contributed by atoms with E-state index in [0.717, 1.165) is 24.9 Å². The minimum absolute atomic E-state index is 0.193. The predicted octanol–water partition coefficient (Wildman–Crippen LogP) is 2.24. The Bertz CT molecular complexity index is 475. The van der Waals surface area contributed by atoms with E-state index in [1.54, 1.807) is 0 Å². The molecule has 1 aromatic rings. The van der Waals surface area contributed by atoms with Crippen LogP contribution in [0.1, 0.15) is 31.7 Å². The molecule has 0 bridgehead atoms. The van der Waals surface area contributed by atoms with Gasteiger partial charge in [-0.2, -0.15) is 0 Å². The average Bonchev–Trinajstić information content (AvgIpc) is 2.47. The Morgan fingerprint density at radius 2 is 1.86 bits per heavy atom. The first-order chi connectivity index (χ1) is 9.92. The smallest absolute Gasteiger partial charge is 0.242 e. The van der Waals surface area contributed by atoms with Crippen molar-refractivity contribution >= 4 is 11.6 Å². The number of piperidine rings is 1. The molecule has 0 spiro atoms. The lowest BCUT2D eigenvalue weighted by Crippen LogP contribution is -2.57. The van der Waals surface area contributed by atoms with Crippen molar-refractivity contribution < 1.29 is 4.79 Å². The number of carbonyl (C=O) groups is 1. The Balaban J connectivity index is 2.00. The van der Waals surface area contributed by atoms with Crippen molar-refractivity contribution in [1.82, 2.24) is 10.2 Å². The molecule has 1 saturated heterocycles. The van der Waals surface area contributed by atoms with Crippen molar-refractivity contribution in [3.8, 4) is 0 Å². The molecule has 21 heavy (non-hydrogen) atoms. The summed E-state index contributed by atoms with van der Waals surface area (Å²) in [7, 11) is 5.95. The van der Waals surface area contributed by atoms with Gasteiger partial charge in [0, 0.05) is 33.4 Å². The third-order valence-corrected chi connectivity index (χ3v) is 4.31. The number of hydrogen-bond donors (Lipinski definition) is 1. The van der Waals surface area contributed by atoms with Gasteiger partial charge in [-0.1, -0.05) is 12.1 Å². The van der Waals surface area contributed by atoms with E-state index in [4.69, 9.17) is 0 Å². The Kier molecular flexibility index (Phi) is 4.88. The molecule has 1 aliphatic rings. The molecular formula is C17H27N3O. The highest BCUT2D eigenvalue weighted by Gasteiger charge is 2.36. The summed E-state index contributed by atoms with van der Waals surface area (Å²) in [6.45, 7) is 3.62. The average molecular weight is 289 g/mol. The second-order valence-corrected chi connectivity index (χ2v) is 6.44. The molecule has 0 saturated carbocycles. The van der Waals surface area contributed by atoms with E-state index in [9.17, 15) is 4.79 Å². The molecule has 2 rings (SSSR count). The highest BCUT2D eigenvalue weighted by molar-refractivity contribution is 5.85. The first kappa shape index (κ1) is 15.8. The highest BCUT2D eigenvalue weighted by Crippen LogP contribution is 2.22. The van der Waals surface area contributed by atoms with Gasteiger partial charge in [0.25, 0.3) is 0 Å². The number of anilines is 1. The fourth-order valence-electron chi connectivity index (χ4n) is 2.91. The molecule has 0 aromatic heterocycles. The Hall–Kier alpha value is -1.55. The maximum Gasteiger partial charge on any atom is 0.242 e. The molecule has 1 unspecified atom stereocenters. The van der Waals surface area contributed by atoms with Crippen LogP contribution in [0.3, 0.4) is 0 Å². The van der Waals surface area contributed by atoms with E-state index in [1.807, 2.05) is 33.0 Å². The molecule has 1 heterocycles. The highest BCUT2D eigenvalue weighted by atomic mass is 16.2. The fourth-order valence-corrected chi connectivity index (χ4v) is 2.91. The van der Waals surface area contributed by atoms with Crippen molar-refractivity contribution in [3.63, 3.8) is 0 Å². The van der Waals surface area contributed by atoms with Gasteiger partial charge in [-0.05, 0) is 50.4 Å². The number of nitrogens with zero attached hydrogens (tertiary/aromatic N) is 2. The van der Waals surface area contributed by atoms with Crippen LogP contribution in [-0.4, -0.2) is 44.0 Å². The van der Waals surface area contributed by atoms with Crippen molar-refractivity contribution in [2.24, 2.45) is 0 Å². The van der Waals surface area contributed by atoms with Crippen LogP contribution >= 0.6 is 0 Å². The van der Waals surface area contributed by atoms with Crippen LogP contribution < -0.4 is 10.2 Å². The maximum atomic E-state index is 12.7. The lowest BCUT2D eigenvalue weighted by molar-refractivity contribution is -0.137. The lowest BCUT2D eigenvalue weighted by atomic mass is 9.89. The topological polar surface area (TPSA) is 35.6 Å². The van der Waals surface area contributed by atoms with E-state index in [1.165, 1.54) is 12.1 Å². The minimum atomic E-state index is -0.392. The third-order valence-electron chi connectivity index (χ3n) is 4.31. The summed E-state index contributed by atoms with van der Waals surface area (Å²) in [5.74, 6) is 0.193. The van der Waals surface area contributed by atoms with Crippen molar-refractivity contribution in [1.29, 1.82) is 0 Å². The number of benzene rings is 1. The first-order valence-electron chi connectivity index (χ1n) is 7.69. The summed E-state index contributed by atoms with van der Waals surface area (Å²) in [6, 6.07) is 8.37. The SMILES string of the molecule is CN(Cc1ccc(N(C)C)cc1)C(=O)C1(C)CCCCN1. The summed E-state index contributed by atoms with van der Waals surface area (Å²) >= 11 is 0. The summed E-state index contributed by atoms with van der Waals surface area (Å²) in [6.07, 6.45) is 3.22. The molecule has 0 aliphatic carbocycles. The quantitative estimate of drug-likeness (QED) is 0.923. The predicted molar refractivity (Wildman–Crippen MR) is 87.5 cm³/mol. The number of rotatable bonds is 4. The normalized spacial score (nSPS) is 21.9. The van der Waals surface area contributed by atoms with E-state index < -0.39 is 5.54 Å². The number of likely N-dealkylation sites (N-methyl/N-ethyl adjacent to an activating group) is 1. The van der Waals surface area contributed by atoms with Gasteiger partial charge >= 0.3 is 0 Å². The van der Waals surface area contributed by atoms with E-state index >= 15 is 0 Å². The zero-order chi connectivity index (χ0) is 15.5. The Labute approximate surface area is 128 Å². The van der Waals surface area contributed by atoms with Crippen molar-refractivity contribution in [2.75, 3.05) is 32.6 Å². The van der Waals surface area contributed by atoms with Crippen LogP contribution in [0.15, 0.2) is 24.3 Å². The summed E-state index contributed by atoms with van der Waals surface area (Å²) in [5, 5.41) is 3.39. The van der Waals surface area contributed by atoms with Crippen LogP contribution in [0.25, 0.3) is 0 Å². The second-order valence-electron chi connectivity index (χ2n) is 6.44. The van der Waals surface area contributed by atoms with E-state index in [-0.39, 0.29) is 5.91 Å². The van der Waals surface area contributed by atoms with Gasteiger partial charge in [0.15, 0.2) is 0 Å². The molecule has 1 atom stereocenters. The summed E-state index contributed by atoms with van der Waals surface area (Å²) < 4.78 is 0. The van der Waals surface area contributed by atoms with Gasteiger partial charge in [-0.15, -0.1) is 0 Å². The maximum absolute atomic E-state index is 12.7. The lowest BCUT2D eigenvalue weighted by Gasteiger charge is -2.36. The van der Waals surface area contributed by atoms with Gasteiger partial charge < -0.3 is 15.1 Å². The Morgan fingerprint density at radius 1 is 1.19 bits per heavy atom. The molecule has 4 nitrogen and oxygen atoms in total. The van der Waals surface area contributed by atoms with Crippen LogP contribution in [-0.2, 0) is 11.3 Å². The van der Waals surface area contributed by atoms with E-state index in [2.05, 4.69) is 34.5 Å². The molecule has 0 radical (unpaired) electrons. The van der Waals surface area contributed by atoms with Crippen LogP contribution in [0.5, 0.6) is 0 Å². The van der Waals surface area contributed by atoms with Gasteiger partial charge in [0.1, 0.15) is 0 Å². The zero-order valence-electron chi connectivity index (χ0n) is 13.6. The zero-order valence-corrected chi connectivity index (χ0v) is 13.6. The van der Waals surface area contributed by atoms with Gasteiger partial charge in [-0.3, -0.25) is 4.79 Å². The molecule has 1 fully saturated rings. The Morgan fingerprint density at radius 3 is 2.38 bits per heavy atom. The summed E-state index contributed by atoms with van der Waals surface area (Å²) in [5.41, 5.74) is 1.95. The van der Waals surface area contributed by atoms with Crippen molar-refractivity contribution in [2.45, 2.75) is 38.3 Å². The minimum Gasteiger partial charge on any atom is -0.378 e. The molecule has 1 aliphatic heterocycles. The van der Waals surface area contributed by atoms with Crippen molar-refractivity contribution in [3.05, 3.63) is 29.8 Å². The van der Waals surface area contributed by atoms with Crippen LogP contribution in [0.2, 0.25) is 0 Å². The summed E-state index contributed by atoms with van der Waals surface area (Å²) in [4.78, 5) is 16.6. The largest absolute Gasteiger partial charge is 0.378 e. The van der Waals surface area contributed by atoms with Crippen LogP contribution in [0.4, 0.5) is 5.69 Å². The molecule has 1 N–H and O–H groups in total. The number of carbonyl (C=O) groups excluding carboxylic acids is 1. The second kappa shape index (κ2) is 6.48. The van der Waals surface area contributed by atoms with Gasteiger partial charge in [0.05, 0.1) is 5.54 Å². The molecule has 1 amide bonds. The standard InChI is InChI=1S/C17H27N3O/c1-17(11-5-6-12-18-17)16(21)20(4)13-14-7-9-15(10-8-14)19(2)3/h7-10,18H,5-6,11-13H2,1-4H3. The third kappa shape index (κ3) is 3.76. The van der Waals surface area contributed by atoms with Gasteiger partial charge in [0.2, 0.25) is 5.91 Å². The number of hydrogen-bond acceptors (Lipinski definition) is 3. The number of amides is 1. The fraction of sp³-hybridized carbons (Fsp3) is 0.588. The molecule has 4 heteroatoms. The van der Waals surface area contributed by atoms with Crippen LogP contribution in [0, 0.1) is 0 Å². The first-order valence-corrected chi connectivity index (χ1v) is 7.69. The van der Waals surface area contributed by atoms with E-state index in [0.29, 0.717) is 6.54 Å². The molecule has 1 aromatic carbocycles. The number of nitrogens with one attached hydrogen (secondary N) is 1. The molecular weight excluding hydrogens is 262 g/mol. The monoisotopic (exact) mass is 289 g/mol.